The van der Waals surface area contributed by atoms with Gasteiger partial charge >= 0.3 is 0 Å². The summed E-state index contributed by atoms with van der Waals surface area (Å²) in [6.45, 7) is 2.71. The number of anilines is 2. The van der Waals surface area contributed by atoms with Crippen molar-refractivity contribution >= 4 is 45.2 Å². The first-order valence-electron chi connectivity index (χ1n) is 9.73. The van der Waals surface area contributed by atoms with E-state index >= 15 is 0 Å². The summed E-state index contributed by atoms with van der Waals surface area (Å²) in [6.07, 6.45) is 3.14. The predicted molar refractivity (Wildman–Crippen MR) is 121 cm³/mol. The molecule has 2 aromatic heterocycles. The van der Waals surface area contributed by atoms with Crippen LogP contribution >= 0.6 is 11.5 Å². The number of fused-ring (bicyclic) bond motifs is 1. The van der Waals surface area contributed by atoms with Gasteiger partial charge in [-0.3, -0.25) is 14.6 Å². The minimum Gasteiger partial charge on any atom is -0.352 e. The Morgan fingerprint density at radius 1 is 0.968 bits per heavy atom. The number of benzene rings is 2. The lowest BCUT2D eigenvalue weighted by Crippen LogP contribution is -2.24. The zero-order valence-electron chi connectivity index (χ0n) is 16.8. The van der Waals surface area contributed by atoms with E-state index in [1.165, 1.54) is 17.7 Å². The molecule has 2 heterocycles. The van der Waals surface area contributed by atoms with Crippen LogP contribution in [0.2, 0.25) is 0 Å². The molecule has 0 saturated heterocycles. The molecule has 0 fully saturated rings. The zero-order valence-corrected chi connectivity index (χ0v) is 17.6. The topological polar surface area (TPSA) is 109 Å². The first kappa shape index (κ1) is 20.4. The fourth-order valence-corrected chi connectivity index (χ4v) is 3.65. The van der Waals surface area contributed by atoms with Crippen LogP contribution in [0.25, 0.3) is 11.0 Å². The Bertz CT molecular complexity index is 1240. The van der Waals surface area contributed by atoms with Crippen LogP contribution in [0.4, 0.5) is 10.8 Å². The van der Waals surface area contributed by atoms with Gasteiger partial charge in [-0.15, -0.1) is 0 Å². The highest BCUT2D eigenvalue weighted by Crippen LogP contribution is 2.24. The maximum Gasteiger partial charge on any atom is 0.256 e. The molecule has 0 aliphatic carbocycles. The summed E-state index contributed by atoms with van der Waals surface area (Å²) < 4.78 is 4.13. The highest BCUT2D eigenvalue weighted by atomic mass is 32.1. The van der Waals surface area contributed by atoms with E-state index in [1.807, 2.05) is 37.3 Å². The molecule has 156 valence electrons. The van der Waals surface area contributed by atoms with Gasteiger partial charge in [0.05, 0.1) is 29.0 Å². The Morgan fingerprint density at radius 3 is 2.65 bits per heavy atom. The molecule has 3 N–H and O–H groups in total. The molecule has 0 aliphatic rings. The van der Waals surface area contributed by atoms with Crippen molar-refractivity contribution in [3.63, 3.8) is 0 Å². The van der Waals surface area contributed by atoms with E-state index in [0.29, 0.717) is 28.5 Å². The zero-order chi connectivity index (χ0) is 21.6. The molecule has 0 spiro atoms. The molecular formula is C22H20N6O2S. The maximum atomic E-state index is 12.7. The normalized spacial score (nSPS) is 10.6. The largest absolute Gasteiger partial charge is 0.352 e. The van der Waals surface area contributed by atoms with Gasteiger partial charge in [-0.2, -0.15) is 4.37 Å². The Hall–Kier alpha value is -3.85. The van der Waals surface area contributed by atoms with Crippen LogP contribution in [0, 0.1) is 0 Å². The van der Waals surface area contributed by atoms with Crippen molar-refractivity contribution in [1.29, 1.82) is 0 Å². The van der Waals surface area contributed by atoms with Crippen LogP contribution in [0.3, 0.4) is 0 Å². The number of nitrogens with zero attached hydrogens (tertiary/aromatic N) is 3. The lowest BCUT2D eigenvalue weighted by molar-refractivity contribution is 0.0947. The number of carbonyl (C=O) groups is 2. The number of hydrogen-bond donors (Lipinski definition) is 3. The number of aromatic nitrogens is 3. The monoisotopic (exact) mass is 432 g/mol. The number of amides is 2. The molecule has 0 radical (unpaired) electrons. The molecule has 0 aliphatic heterocycles. The second kappa shape index (κ2) is 9.31. The average Bonchev–Trinajstić information content (AvgIpc) is 3.26. The number of rotatable bonds is 7. The quantitative estimate of drug-likeness (QED) is 0.412. The van der Waals surface area contributed by atoms with E-state index in [2.05, 4.69) is 30.3 Å². The van der Waals surface area contributed by atoms with Crippen LogP contribution in [0.1, 0.15) is 33.2 Å². The van der Waals surface area contributed by atoms with Crippen LogP contribution in [-0.4, -0.2) is 32.7 Å². The van der Waals surface area contributed by atoms with Gasteiger partial charge in [-0.05, 0) is 48.3 Å². The van der Waals surface area contributed by atoms with Gasteiger partial charge in [0.1, 0.15) is 10.8 Å². The van der Waals surface area contributed by atoms with Crippen LogP contribution in [0.5, 0.6) is 0 Å². The van der Waals surface area contributed by atoms with Crippen molar-refractivity contribution in [1.82, 2.24) is 25.0 Å². The summed E-state index contributed by atoms with van der Waals surface area (Å²) in [6, 6.07) is 14.7. The molecule has 2 amide bonds. The van der Waals surface area contributed by atoms with Crippen molar-refractivity contribution in [2.24, 2.45) is 0 Å². The maximum absolute atomic E-state index is 12.7. The number of carbonyl (C=O) groups excluding carboxylic acids is 2. The van der Waals surface area contributed by atoms with Crippen molar-refractivity contribution in [2.45, 2.75) is 13.5 Å². The summed E-state index contributed by atoms with van der Waals surface area (Å²) in [7, 11) is 0. The van der Waals surface area contributed by atoms with Crippen molar-refractivity contribution in [3.05, 3.63) is 77.6 Å². The molecule has 0 atom stereocenters. The first-order chi connectivity index (χ1) is 15.1. The molecule has 0 bridgehead atoms. The summed E-state index contributed by atoms with van der Waals surface area (Å²) in [5.41, 5.74) is 3.36. The highest BCUT2D eigenvalue weighted by molar-refractivity contribution is 7.10. The molecule has 4 rings (SSSR count). The smallest absolute Gasteiger partial charge is 0.256 e. The molecule has 4 aromatic rings. The third-order valence-corrected chi connectivity index (χ3v) is 5.20. The summed E-state index contributed by atoms with van der Waals surface area (Å²) in [5.74, 6) is 0.126. The third kappa shape index (κ3) is 4.84. The SMILES string of the molecule is CCNC(=O)c1cccc(CNC(=O)c2cnsc2Nc2cnc3ccccc3n2)c1. The Labute approximate surface area is 182 Å². The van der Waals surface area contributed by atoms with E-state index < -0.39 is 0 Å². The molecule has 8 nitrogen and oxygen atoms in total. The third-order valence-electron chi connectivity index (χ3n) is 4.48. The summed E-state index contributed by atoms with van der Waals surface area (Å²) >= 11 is 1.17. The Balaban J connectivity index is 1.44. The van der Waals surface area contributed by atoms with Crippen molar-refractivity contribution in [2.75, 3.05) is 11.9 Å². The van der Waals surface area contributed by atoms with Crippen LogP contribution in [-0.2, 0) is 6.54 Å². The van der Waals surface area contributed by atoms with Gasteiger partial charge in [-0.25, -0.2) is 4.98 Å². The van der Waals surface area contributed by atoms with Crippen LogP contribution < -0.4 is 16.0 Å². The second-order valence-corrected chi connectivity index (χ2v) is 7.48. The molecule has 0 unspecified atom stereocenters. The lowest BCUT2D eigenvalue weighted by Gasteiger charge is -2.09. The van der Waals surface area contributed by atoms with E-state index in [-0.39, 0.29) is 18.4 Å². The summed E-state index contributed by atoms with van der Waals surface area (Å²) in [5, 5.41) is 9.35. The molecule has 9 heteroatoms. The highest BCUT2D eigenvalue weighted by Gasteiger charge is 2.15. The Morgan fingerprint density at radius 2 is 1.81 bits per heavy atom. The van der Waals surface area contributed by atoms with Gasteiger partial charge in [0.15, 0.2) is 0 Å². The minimum absolute atomic E-state index is 0.138. The predicted octanol–water partition coefficient (Wildman–Crippen LogP) is 3.51. The molecule has 31 heavy (non-hydrogen) atoms. The lowest BCUT2D eigenvalue weighted by atomic mass is 10.1. The standard InChI is InChI=1S/C22H20N6O2S/c1-2-23-20(29)15-7-5-6-14(10-15)11-25-21(30)16-12-26-31-22(16)28-19-13-24-17-8-3-4-9-18(17)27-19/h3-10,12-13H,2,11H2,1H3,(H,23,29)(H,25,30)(H,27,28). The summed E-state index contributed by atoms with van der Waals surface area (Å²) in [4.78, 5) is 33.6. The molecular weight excluding hydrogens is 412 g/mol. The van der Waals surface area contributed by atoms with Gasteiger partial charge in [0.25, 0.3) is 11.8 Å². The van der Waals surface area contributed by atoms with Crippen molar-refractivity contribution in [3.8, 4) is 0 Å². The van der Waals surface area contributed by atoms with E-state index in [0.717, 1.165) is 16.6 Å². The Kier molecular flexibility index (Phi) is 6.13. The van der Waals surface area contributed by atoms with Gasteiger partial charge in [0, 0.05) is 18.7 Å². The first-order valence-corrected chi connectivity index (χ1v) is 10.5. The number of hydrogen-bond acceptors (Lipinski definition) is 7. The van der Waals surface area contributed by atoms with Crippen LogP contribution in [0.15, 0.2) is 60.9 Å². The van der Waals surface area contributed by atoms with Crippen molar-refractivity contribution < 1.29 is 9.59 Å². The second-order valence-electron chi connectivity index (χ2n) is 6.68. The van der Waals surface area contributed by atoms with Gasteiger partial charge in [-0.1, -0.05) is 24.3 Å². The number of para-hydroxylation sites is 2. The van der Waals surface area contributed by atoms with E-state index in [9.17, 15) is 9.59 Å². The fourth-order valence-electron chi connectivity index (χ4n) is 2.99. The minimum atomic E-state index is -0.270. The average molecular weight is 433 g/mol. The van der Waals surface area contributed by atoms with E-state index in [4.69, 9.17) is 0 Å². The number of nitrogens with one attached hydrogen (secondary N) is 3. The van der Waals surface area contributed by atoms with Gasteiger partial charge < -0.3 is 16.0 Å². The molecule has 2 aromatic carbocycles. The molecule has 0 saturated carbocycles. The van der Waals surface area contributed by atoms with E-state index in [1.54, 1.807) is 24.4 Å². The van der Waals surface area contributed by atoms with Gasteiger partial charge in [0.2, 0.25) is 0 Å². The fraction of sp³-hybridized carbons (Fsp3) is 0.136.